The Hall–Kier alpha value is -1.84. The lowest BCUT2D eigenvalue weighted by molar-refractivity contribution is 0.0994. The second-order valence-corrected chi connectivity index (χ2v) is 5.22. The summed E-state index contributed by atoms with van der Waals surface area (Å²) in [6.45, 7) is 0. The molecule has 2 aromatic heterocycles. The summed E-state index contributed by atoms with van der Waals surface area (Å²) in [6, 6.07) is 8.98. The van der Waals surface area contributed by atoms with E-state index in [-0.39, 0.29) is 12.2 Å². The maximum absolute atomic E-state index is 12.4. The van der Waals surface area contributed by atoms with E-state index in [2.05, 4.69) is 9.97 Å². The van der Waals surface area contributed by atoms with Crippen molar-refractivity contribution in [3.05, 3.63) is 63.9 Å². The van der Waals surface area contributed by atoms with Gasteiger partial charge in [0.2, 0.25) is 0 Å². The van der Waals surface area contributed by atoms with E-state index in [9.17, 15) is 4.79 Å². The number of halogens is 2. The number of carbonyl (C=O) groups is 1. The minimum absolute atomic E-state index is 0.0424. The molecular formula is C15H10Cl2N2O. The van der Waals surface area contributed by atoms with Gasteiger partial charge in [-0.25, -0.2) is 4.98 Å². The van der Waals surface area contributed by atoms with Gasteiger partial charge in [0.1, 0.15) is 5.65 Å². The minimum atomic E-state index is -0.0424. The van der Waals surface area contributed by atoms with Crippen LogP contribution in [0.2, 0.25) is 10.0 Å². The number of nitrogens with zero attached hydrogens (tertiary/aromatic N) is 1. The topological polar surface area (TPSA) is 45.8 Å². The predicted molar refractivity (Wildman–Crippen MR) is 80.6 cm³/mol. The quantitative estimate of drug-likeness (QED) is 0.733. The van der Waals surface area contributed by atoms with Gasteiger partial charge in [-0.05, 0) is 17.7 Å². The van der Waals surface area contributed by atoms with E-state index < -0.39 is 0 Å². The molecule has 0 aliphatic heterocycles. The summed E-state index contributed by atoms with van der Waals surface area (Å²) in [5.41, 5.74) is 1.95. The molecule has 0 bridgehead atoms. The van der Waals surface area contributed by atoms with Crippen LogP contribution in [-0.2, 0) is 6.42 Å². The molecule has 0 saturated heterocycles. The molecule has 1 aromatic carbocycles. The number of pyridine rings is 1. The van der Waals surface area contributed by atoms with E-state index in [0.29, 0.717) is 26.6 Å². The molecule has 3 rings (SSSR count). The van der Waals surface area contributed by atoms with Crippen LogP contribution in [0.3, 0.4) is 0 Å². The van der Waals surface area contributed by atoms with E-state index in [0.717, 1.165) is 5.56 Å². The molecule has 0 radical (unpaired) electrons. The number of hydrogen-bond donors (Lipinski definition) is 1. The zero-order valence-electron chi connectivity index (χ0n) is 10.4. The summed E-state index contributed by atoms with van der Waals surface area (Å²) in [6.07, 6.45) is 3.48. The smallest absolute Gasteiger partial charge is 0.169 e. The zero-order chi connectivity index (χ0) is 14.1. The molecule has 0 atom stereocenters. The molecule has 0 spiro atoms. The lowest BCUT2D eigenvalue weighted by Gasteiger charge is -2.03. The molecular weight excluding hydrogens is 295 g/mol. The third kappa shape index (κ3) is 2.30. The fourth-order valence-electron chi connectivity index (χ4n) is 2.15. The largest absolute Gasteiger partial charge is 0.345 e. The Kier molecular flexibility index (Phi) is 3.47. The standard InChI is InChI=1S/C15H10Cl2N2O/c16-11-4-2-1-3-9(11)7-13(20)10-8-19-15-14(10)12(17)5-6-18-15/h1-6,8H,7H2,(H,18,19). The summed E-state index contributed by atoms with van der Waals surface area (Å²) < 4.78 is 0. The van der Waals surface area contributed by atoms with E-state index in [1.807, 2.05) is 18.2 Å². The number of H-pyrrole nitrogens is 1. The normalized spacial score (nSPS) is 10.9. The van der Waals surface area contributed by atoms with Crippen molar-refractivity contribution in [2.24, 2.45) is 0 Å². The van der Waals surface area contributed by atoms with Crippen LogP contribution in [0, 0.1) is 0 Å². The third-order valence-corrected chi connectivity index (χ3v) is 3.82. The van der Waals surface area contributed by atoms with Gasteiger partial charge >= 0.3 is 0 Å². The average Bonchev–Trinajstić information content (AvgIpc) is 2.87. The number of aromatic nitrogens is 2. The van der Waals surface area contributed by atoms with Crippen LogP contribution in [-0.4, -0.2) is 15.8 Å². The van der Waals surface area contributed by atoms with Crippen molar-refractivity contribution in [2.75, 3.05) is 0 Å². The molecule has 0 fully saturated rings. The number of hydrogen-bond acceptors (Lipinski definition) is 2. The van der Waals surface area contributed by atoms with Crippen LogP contribution in [0.25, 0.3) is 11.0 Å². The number of aromatic amines is 1. The Morgan fingerprint density at radius 1 is 1.15 bits per heavy atom. The van der Waals surface area contributed by atoms with Gasteiger partial charge in [0.15, 0.2) is 5.78 Å². The van der Waals surface area contributed by atoms with E-state index >= 15 is 0 Å². The molecule has 100 valence electrons. The summed E-state index contributed by atoms with van der Waals surface area (Å²) in [5.74, 6) is -0.0424. The zero-order valence-corrected chi connectivity index (χ0v) is 11.9. The molecule has 3 aromatic rings. The van der Waals surface area contributed by atoms with Crippen molar-refractivity contribution < 1.29 is 4.79 Å². The molecule has 0 amide bonds. The van der Waals surface area contributed by atoms with Crippen molar-refractivity contribution in [1.82, 2.24) is 9.97 Å². The molecule has 20 heavy (non-hydrogen) atoms. The fraction of sp³-hybridized carbons (Fsp3) is 0.0667. The summed E-state index contributed by atoms with van der Waals surface area (Å²) >= 11 is 12.2. The highest BCUT2D eigenvalue weighted by molar-refractivity contribution is 6.36. The monoisotopic (exact) mass is 304 g/mol. The first-order chi connectivity index (χ1) is 9.66. The van der Waals surface area contributed by atoms with Gasteiger partial charge in [0.25, 0.3) is 0 Å². The fourth-order valence-corrected chi connectivity index (χ4v) is 2.60. The second kappa shape index (κ2) is 5.27. The molecule has 0 saturated carbocycles. The summed E-state index contributed by atoms with van der Waals surface area (Å²) in [4.78, 5) is 19.5. The number of Topliss-reactive ketones (excluding diaryl/α,β-unsaturated/α-hetero) is 1. The number of rotatable bonds is 3. The third-order valence-electron chi connectivity index (χ3n) is 3.13. The molecule has 3 nitrogen and oxygen atoms in total. The first-order valence-corrected chi connectivity index (χ1v) is 6.80. The van der Waals surface area contributed by atoms with Gasteiger partial charge < -0.3 is 4.98 Å². The first-order valence-electron chi connectivity index (χ1n) is 6.05. The molecule has 2 heterocycles. The van der Waals surface area contributed by atoms with Crippen molar-refractivity contribution in [3.63, 3.8) is 0 Å². The van der Waals surface area contributed by atoms with Gasteiger partial charge in [-0.15, -0.1) is 0 Å². The molecule has 1 N–H and O–H groups in total. The maximum atomic E-state index is 12.4. The summed E-state index contributed by atoms with van der Waals surface area (Å²) in [7, 11) is 0. The lowest BCUT2D eigenvalue weighted by atomic mass is 10.0. The summed E-state index contributed by atoms with van der Waals surface area (Å²) in [5, 5.41) is 1.76. The second-order valence-electron chi connectivity index (χ2n) is 4.41. The molecule has 0 aliphatic carbocycles. The SMILES string of the molecule is O=C(Cc1ccccc1Cl)c1c[nH]c2nccc(Cl)c12. The van der Waals surface area contributed by atoms with Crippen molar-refractivity contribution in [2.45, 2.75) is 6.42 Å². The van der Waals surface area contributed by atoms with Crippen LogP contribution in [0.15, 0.2) is 42.7 Å². The van der Waals surface area contributed by atoms with E-state index in [1.165, 1.54) is 0 Å². The van der Waals surface area contributed by atoms with Crippen LogP contribution in [0.1, 0.15) is 15.9 Å². The highest BCUT2D eigenvalue weighted by Gasteiger charge is 2.16. The molecule has 5 heteroatoms. The number of carbonyl (C=O) groups excluding carboxylic acids is 1. The van der Waals surface area contributed by atoms with Gasteiger partial charge in [-0.2, -0.15) is 0 Å². The highest BCUT2D eigenvalue weighted by atomic mass is 35.5. The number of fused-ring (bicyclic) bond motifs is 1. The Morgan fingerprint density at radius 3 is 2.75 bits per heavy atom. The lowest BCUT2D eigenvalue weighted by Crippen LogP contribution is -2.03. The minimum Gasteiger partial charge on any atom is -0.345 e. The number of ketones is 1. The Balaban J connectivity index is 2.00. The molecule has 0 aliphatic rings. The van der Waals surface area contributed by atoms with E-state index in [4.69, 9.17) is 23.2 Å². The van der Waals surface area contributed by atoms with Gasteiger partial charge in [0.05, 0.1) is 5.02 Å². The maximum Gasteiger partial charge on any atom is 0.169 e. The van der Waals surface area contributed by atoms with Crippen LogP contribution in [0.5, 0.6) is 0 Å². The van der Waals surface area contributed by atoms with Gasteiger partial charge in [-0.3, -0.25) is 4.79 Å². The predicted octanol–water partition coefficient (Wildman–Crippen LogP) is 4.30. The average molecular weight is 305 g/mol. The van der Waals surface area contributed by atoms with Crippen molar-refractivity contribution >= 4 is 40.0 Å². The number of nitrogens with one attached hydrogen (secondary N) is 1. The molecule has 0 unspecified atom stereocenters. The van der Waals surface area contributed by atoms with E-state index in [1.54, 1.807) is 24.5 Å². The van der Waals surface area contributed by atoms with Crippen LogP contribution in [0.4, 0.5) is 0 Å². The Labute approximate surface area is 125 Å². The highest BCUT2D eigenvalue weighted by Crippen LogP contribution is 2.26. The van der Waals surface area contributed by atoms with Gasteiger partial charge in [0, 0.05) is 34.8 Å². The Morgan fingerprint density at radius 2 is 1.95 bits per heavy atom. The first kappa shape index (κ1) is 13.2. The van der Waals surface area contributed by atoms with Crippen LogP contribution >= 0.6 is 23.2 Å². The van der Waals surface area contributed by atoms with Gasteiger partial charge in [-0.1, -0.05) is 41.4 Å². The van der Waals surface area contributed by atoms with Crippen molar-refractivity contribution in [3.8, 4) is 0 Å². The van der Waals surface area contributed by atoms with Crippen LogP contribution < -0.4 is 0 Å². The Bertz CT molecular complexity index is 795. The number of benzene rings is 1. The van der Waals surface area contributed by atoms with Crippen molar-refractivity contribution in [1.29, 1.82) is 0 Å².